The molecule has 0 saturated carbocycles. The highest BCUT2D eigenvalue weighted by atomic mass is 16.5. The molecule has 0 aromatic rings. The summed E-state index contributed by atoms with van der Waals surface area (Å²) in [4.78, 5) is 40.1. The van der Waals surface area contributed by atoms with E-state index in [1.807, 2.05) is 32.1 Å². The van der Waals surface area contributed by atoms with Gasteiger partial charge in [-0.3, -0.25) is 9.59 Å². The monoisotopic (exact) mass is 564 g/mol. The smallest absolute Gasteiger partial charge is 0.305 e. The molecule has 1 saturated heterocycles. The fourth-order valence-electron chi connectivity index (χ4n) is 6.92. The Morgan fingerprint density at radius 2 is 1.74 bits per heavy atom. The van der Waals surface area contributed by atoms with Crippen LogP contribution in [0.15, 0.2) is 106 Å². The lowest BCUT2D eigenvalue weighted by Gasteiger charge is -2.17. The number of hydrogen-bond acceptors (Lipinski definition) is 8. The van der Waals surface area contributed by atoms with Crippen molar-refractivity contribution in [2.24, 2.45) is 26.8 Å². The lowest BCUT2D eigenvalue weighted by molar-refractivity contribution is -0.140. The molecule has 2 unspecified atom stereocenters. The van der Waals surface area contributed by atoms with Crippen LogP contribution in [0.3, 0.4) is 0 Å². The Labute approximate surface area is 246 Å². The second-order valence-electron chi connectivity index (χ2n) is 11.7. The van der Waals surface area contributed by atoms with Crippen molar-refractivity contribution < 1.29 is 19.4 Å². The van der Waals surface area contributed by atoms with Crippen molar-refractivity contribution in [3.63, 3.8) is 0 Å². The maximum Gasteiger partial charge on any atom is 0.305 e. The maximum absolute atomic E-state index is 12.9. The Hall–Kier alpha value is -4.33. The first-order valence-electron chi connectivity index (χ1n) is 14.6. The SMILES string of the molecule is CCC1=C(C)C2=NC1=CC1=C(C)C3=C(O)CC(=C4NC(=CC5=NC(=C2)C(C(C)=O)=C5C)C(C)C4CCC(=O)OC)C3=N1. The minimum Gasteiger partial charge on any atom is -0.511 e. The van der Waals surface area contributed by atoms with Gasteiger partial charge in [-0.25, -0.2) is 15.0 Å². The molecule has 1 fully saturated rings. The van der Waals surface area contributed by atoms with E-state index in [1.54, 1.807) is 6.92 Å². The third-order valence-electron chi connectivity index (χ3n) is 9.29. The van der Waals surface area contributed by atoms with E-state index in [1.165, 1.54) is 7.11 Å². The highest BCUT2D eigenvalue weighted by Gasteiger charge is 2.41. The van der Waals surface area contributed by atoms with E-state index in [-0.39, 0.29) is 30.0 Å². The van der Waals surface area contributed by atoms with Crippen molar-refractivity contribution in [3.05, 3.63) is 91.5 Å². The van der Waals surface area contributed by atoms with Gasteiger partial charge in [-0.2, -0.15) is 0 Å². The van der Waals surface area contributed by atoms with Gasteiger partial charge in [0.15, 0.2) is 5.78 Å². The zero-order chi connectivity index (χ0) is 30.0. The van der Waals surface area contributed by atoms with E-state index in [2.05, 4.69) is 26.1 Å². The molecule has 6 rings (SSSR count). The second kappa shape index (κ2) is 10.2. The third kappa shape index (κ3) is 4.23. The molecule has 8 bridgehead atoms. The molecule has 0 spiro atoms. The summed E-state index contributed by atoms with van der Waals surface area (Å²) in [6.45, 7) is 11.8. The summed E-state index contributed by atoms with van der Waals surface area (Å²) in [5.41, 5.74) is 12.7. The molecule has 0 amide bonds. The van der Waals surface area contributed by atoms with Gasteiger partial charge in [-0.15, -0.1) is 0 Å². The summed E-state index contributed by atoms with van der Waals surface area (Å²) in [5.74, 6) is 0.00792. The Morgan fingerprint density at radius 1 is 1.02 bits per heavy atom. The van der Waals surface area contributed by atoms with E-state index in [4.69, 9.17) is 19.7 Å². The molecule has 216 valence electrons. The number of methoxy groups -OCH3 is 1. The van der Waals surface area contributed by atoms with Gasteiger partial charge in [0.25, 0.3) is 0 Å². The van der Waals surface area contributed by atoms with Gasteiger partial charge in [0, 0.05) is 52.8 Å². The van der Waals surface area contributed by atoms with Crippen molar-refractivity contribution in [2.75, 3.05) is 7.11 Å². The van der Waals surface area contributed by atoms with Crippen LogP contribution < -0.4 is 5.32 Å². The van der Waals surface area contributed by atoms with Crippen molar-refractivity contribution in [1.29, 1.82) is 0 Å². The standard InChI is InChI=1S/C34H36N4O4/c1-8-20-15(2)23-14-28-31(19(6)39)17(4)25(36-28)12-24-16(3)21(9-10-30(41)42-7)33(37-24)22-11-29(40)32-18(5)26(38-34(22)32)13-27(20)35-23/h12-14,16,21,37,40H,8-11H2,1-7H3. The number of aliphatic hydroxyl groups excluding tert-OH is 1. The highest BCUT2D eigenvalue weighted by molar-refractivity contribution is 6.22. The van der Waals surface area contributed by atoms with Crippen LogP contribution in [0.2, 0.25) is 0 Å². The summed E-state index contributed by atoms with van der Waals surface area (Å²) in [6.07, 6.45) is 7.96. The van der Waals surface area contributed by atoms with Crippen molar-refractivity contribution in [3.8, 4) is 0 Å². The van der Waals surface area contributed by atoms with E-state index in [0.717, 1.165) is 79.8 Å². The number of esters is 1. The first kappa shape index (κ1) is 27.8. The number of rotatable bonds is 5. The number of hydrogen-bond donors (Lipinski definition) is 2. The Morgan fingerprint density at radius 3 is 2.43 bits per heavy atom. The van der Waals surface area contributed by atoms with Crippen LogP contribution in [0, 0.1) is 11.8 Å². The predicted molar refractivity (Wildman–Crippen MR) is 164 cm³/mol. The average molecular weight is 565 g/mol. The van der Waals surface area contributed by atoms with Gasteiger partial charge < -0.3 is 15.2 Å². The maximum atomic E-state index is 12.9. The first-order valence-corrected chi connectivity index (χ1v) is 14.6. The van der Waals surface area contributed by atoms with E-state index >= 15 is 0 Å². The molecule has 0 aromatic carbocycles. The molecule has 0 aromatic heterocycles. The van der Waals surface area contributed by atoms with Crippen molar-refractivity contribution >= 4 is 28.9 Å². The topological polar surface area (TPSA) is 113 Å². The summed E-state index contributed by atoms with van der Waals surface area (Å²) in [5, 5.41) is 14.8. The molecule has 6 aliphatic rings. The average Bonchev–Trinajstić information content (AvgIpc) is 3.70. The van der Waals surface area contributed by atoms with Gasteiger partial charge in [0.2, 0.25) is 0 Å². The Bertz CT molecular complexity index is 1730. The number of Topliss-reactive ketones (excluding diaryl/α,β-unsaturated/α-hetero) is 1. The van der Waals surface area contributed by atoms with Crippen LogP contribution in [0.25, 0.3) is 0 Å². The number of aliphatic hydroxyl groups is 1. The quantitative estimate of drug-likeness (QED) is 0.386. The molecule has 5 heterocycles. The number of fused-ring (bicyclic) bond motifs is 5. The van der Waals surface area contributed by atoms with Gasteiger partial charge in [0.05, 0.1) is 41.3 Å². The minimum atomic E-state index is -0.258. The number of ether oxygens (including phenoxy) is 1. The van der Waals surface area contributed by atoms with Crippen LogP contribution in [-0.2, 0) is 14.3 Å². The molecule has 2 atom stereocenters. The fraction of sp³-hybridized carbons (Fsp3) is 0.382. The number of nitrogens with zero attached hydrogens (tertiary/aromatic N) is 3. The van der Waals surface area contributed by atoms with Crippen LogP contribution in [0.1, 0.15) is 67.2 Å². The first-order chi connectivity index (χ1) is 20.0. The van der Waals surface area contributed by atoms with E-state index < -0.39 is 0 Å². The number of carbonyl (C=O) groups is 2. The molecule has 8 nitrogen and oxygen atoms in total. The zero-order valence-corrected chi connectivity index (χ0v) is 25.2. The number of aliphatic imine (C=N–C) groups is 3. The lowest BCUT2D eigenvalue weighted by Crippen LogP contribution is -2.16. The van der Waals surface area contributed by atoms with Gasteiger partial charge in [-0.05, 0) is 81.1 Å². The molecule has 0 radical (unpaired) electrons. The number of nitrogens with one attached hydrogen (secondary N) is 1. The molecular formula is C34H36N4O4. The van der Waals surface area contributed by atoms with Crippen LogP contribution >= 0.6 is 0 Å². The van der Waals surface area contributed by atoms with Crippen LogP contribution in [0.5, 0.6) is 0 Å². The normalized spacial score (nSPS) is 24.6. The molecule has 42 heavy (non-hydrogen) atoms. The summed E-state index contributed by atoms with van der Waals surface area (Å²) in [7, 11) is 1.40. The summed E-state index contributed by atoms with van der Waals surface area (Å²) in [6, 6.07) is 0. The summed E-state index contributed by atoms with van der Waals surface area (Å²) < 4.78 is 4.96. The van der Waals surface area contributed by atoms with Crippen LogP contribution in [0.4, 0.5) is 0 Å². The van der Waals surface area contributed by atoms with E-state index in [0.29, 0.717) is 29.9 Å². The Kier molecular flexibility index (Phi) is 6.75. The number of allylic oxidation sites excluding steroid dienone is 12. The molecular weight excluding hydrogens is 528 g/mol. The summed E-state index contributed by atoms with van der Waals surface area (Å²) >= 11 is 0. The van der Waals surface area contributed by atoms with Gasteiger partial charge >= 0.3 is 5.97 Å². The third-order valence-corrected chi connectivity index (χ3v) is 9.29. The largest absolute Gasteiger partial charge is 0.511 e. The molecule has 2 N–H and O–H groups in total. The van der Waals surface area contributed by atoms with Crippen molar-refractivity contribution in [1.82, 2.24) is 5.32 Å². The predicted octanol–water partition coefficient (Wildman–Crippen LogP) is 6.20. The van der Waals surface area contributed by atoms with Crippen molar-refractivity contribution in [2.45, 2.75) is 67.2 Å². The van der Waals surface area contributed by atoms with Crippen LogP contribution in [-0.4, -0.2) is 41.1 Å². The fourth-order valence-corrected chi connectivity index (χ4v) is 6.92. The lowest BCUT2D eigenvalue weighted by atomic mass is 9.86. The minimum absolute atomic E-state index is 0.0222. The number of ketones is 1. The van der Waals surface area contributed by atoms with Gasteiger partial charge in [-0.1, -0.05) is 13.8 Å². The molecule has 1 aliphatic carbocycles. The van der Waals surface area contributed by atoms with Gasteiger partial charge in [0.1, 0.15) is 5.76 Å². The Balaban J connectivity index is 1.61. The highest BCUT2D eigenvalue weighted by Crippen LogP contribution is 2.46. The number of carbonyl (C=O) groups excluding carboxylic acids is 2. The molecule has 8 heteroatoms. The second-order valence-corrected chi connectivity index (χ2v) is 11.7. The zero-order valence-electron chi connectivity index (χ0n) is 25.2. The molecule has 5 aliphatic heterocycles. The van der Waals surface area contributed by atoms with E-state index in [9.17, 15) is 14.7 Å².